The molecule has 1 saturated heterocycles. The molecule has 1 atom stereocenters. The summed E-state index contributed by atoms with van der Waals surface area (Å²) in [5.41, 5.74) is 1.31. The van der Waals surface area contributed by atoms with Crippen molar-refractivity contribution in [2.24, 2.45) is 0 Å². The number of rotatable bonds is 8. The normalized spacial score (nSPS) is 17.4. The van der Waals surface area contributed by atoms with E-state index in [0.717, 1.165) is 45.3 Å². The van der Waals surface area contributed by atoms with Crippen LogP contribution in [-0.2, 0) is 17.8 Å². The van der Waals surface area contributed by atoms with Crippen LogP contribution >= 0.6 is 0 Å². The van der Waals surface area contributed by atoms with E-state index in [1.165, 1.54) is 24.2 Å². The highest BCUT2D eigenvalue weighted by atomic mass is 16.2. The second-order valence-corrected chi connectivity index (χ2v) is 7.35. The van der Waals surface area contributed by atoms with Gasteiger partial charge in [0.1, 0.15) is 5.82 Å². The molecular weight excluding hydrogens is 322 g/mol. The Balaban J connectivity index is 1.51. The third-order valence-electron chi connectivity index (χ3n) is 5.34. The lowest BCUT2D eigenvalue weighted by atomic mass is 9.96. The van der Waals surface area contributed by atoms with Crippen molar-refractivity contribution < 1.29 is 4.79 Å². The van der Waals surface area contributed by atoms with Crippen LogP contribution in [0, 0.1) is 0 Å². The van der Waals surface area contributed by atoms with Gasteiger partial charge in [0.05, 0.1) is 0 Å². The van der Waals surface area contributed by atoms with Crippen LogP contribution in [0.25, 0.3) is 0 Å². The Hall–Kier alpha value is -2.10. The number of carbonyl (C=O) groups excluding carboxylic acids is 1. The predicted molar refractivity (Wildman–Crippen MR) is 105 cm³/mol. The Bertz CT molecular complexity index is 680. The van der Waals surface area contributed by atoms with Gasteiger partial charge in [-0.05, 0) is 37.7 Å². The van der Waals surface area contributed by atoms with Gasteiger partial charge in [-0.2, -0.15) is 0 Å². The molecule has 1 fully saturated rings. The number of benzene rings is 1. The molecule has 4 heteroatoms. The molecule has 26 heavy (non-hydrogen) atoms. The van der Waals surface area contributed by atoms with Crippen LogP contribution in [0.15, 0.2) is 42.7 Å². The quantitative estimate of drug-likeness (QED) is 0.705. The maximum absolute atomic E-state index is 12.7. The fourth-order valence-electron chi connectivity index (χ4n) is 3.86. The van der Waals surface area contributed by atoms with E-state index in [2.05, 4.69) is 51.8 Å². The molecule has 0 aliphatic carbocycles. The summed E-state index contributed by atoms with van der Waals surface area (Å²) in [6.07, 6.45) is 11.1. The van der Waals surface area contributed by atoms with Gasteiger partial charge in [-0.15, -0.1) is 0 Å². The van der Waals surface area contributed by atoms with E-state index in [9.17, 15) is 4.79 Å². The van der Waals surface area contributed by atoms with Gasteiger partial charge in [-0.3, -0.25) is 4.79 Å². The number of imidazole rings is 1. The van der Waals surface area contributed by atoms with Crippen LogP contribution in [0.3, 0.4) is 0 Å². The molecule has 0 saturated carbocycles. The van der Waals surface area contributed by atoms with E-state index in [0.29, 0.717) is 18.2 Å². The van der Waals surface area contributed by atoms with Gasteiger partial charge >= 0.3 is 0 Å². The first kappa shape index (κ1) is 18.7. The van der Waals surface area contributed by atoms with Crippen LogP contribution in [0.2, 0.25) is 0 Å². The maximum atomic E-state index is 12.7. The number of carbonyl (C=O) groups is 1. The predicted octanol–water partition coefficient (Wildman–Crippen LogP) is 4.41. The minimum atomic E-state index is 0.303. The van der Waals surface area contributed by atoms with Crippen molar-refractivity contribution in [3.05, 3.63) is 54.1 Å². The highest BCUT2D eigenvalue weighted by Gasteiger charge is 2.27. The number of amides is 1. The standard InChI is InChI=1S/C22H31N3O/c1-2-3-15-24-17-14-23-22(24)20-12-8-16-25(18-20)21(26)13-7-11-19-9-5-4-6-10-19/h4-6,9-10,14,17,20H,2-3,7-8,11-13,15-16,18H2,1H3/t20-/m1/s1. The van der Waals surface area contributed by atoms with Gasteiger partial charge in [0.25, 0.3) is 0 Å². The van der Waals surface area contributed by atoms with Gasteiger partial charge in [0.2, 0.25) is 5.91 Å². The second-order valence-electron chi connectivity index (χ2n) is 7.35. The zero-order valence-electron chi connectivity index (χ0n) is 15.9. The molecule has 1 amide bonds. The topological polar surface area (TPSA) is 38.1 Å². The van der Waals surface area contributed by atoms with Crippen LogP contribution in [0.5, 0.6) is 0 Å². The fourth-order valence-corrected chi connectivity index (χ4v) is 3.86. The van der Waals surface area contributed by atoms with E-state index in [4.69, 9.17) is 0 Å². The molecule has 1 aromatic heterocycles. The average molecular weight is 354 g/mol. The zero-order valence-corrected chi connectivity index (χ0v) is 15.9. The van der Waals surface area contributed by atoms with Crippen LogP contribution in [0.4, 0.5) is 0 Å². The number of hydrogen-bond donors (Lipinski definition) is 0. The first-order chi connectivity index (χ1) is 12.8. The van der Waals surface area contributed by atoms with Crippen LogP contribution in [-0.4, -0.2) is 33.4 Å². The number of piperidine rings is 1. The van der Waals surface area contributed by atoms with E-state index >= 15 is 0 Å². The summed E-state index contributed by atoms with van der Waals surface area (Å²) in [7, 11) is 0. The molecule has 3 rings (SSSR count). The Morgan fingerprint density at radius 3 is 2.88 bits per heavy atom. The van der Waals surface area contributed by atoms with E-state index in [1.54, 1.807) is 0 Å². The first-order valence-electron chi connectivity index (χ1n) is 10.1. The lowest BCUT2D eigenvalue weighted by molar-refractivity contribution is -0.132. The highest BCUT2D eigenvalue weighted by molar-refractivity contribution is 5.76. The third kappa shape index (κ3) is 4.96. The van der Waals surface area contributed by atoms with Gasteiger partial charge < -0.3 is 9.47 Å². The zero-order chi connectivity index (χ0) is 18.2. The molecule has 2 aromatic rings. The van der Waals surface area contributed by atoms with Crippen LogP contribution in [0.1, 0.15) is 62.8 Å². The molecule has 0 unspecified atom stereocenters. The van der Waals surface area contributed by atoms with Crippen molar-refractivity contribution in [1.29, 1.82) is 0 Å². The van der Waals surface area contributed by atoms with Gasteiger partial charge in [0, 0.05) is 44.4 Å². The lowest BCUT2D eigenvalue weighted by Crippen LogP contribution is -2.39. The summed E-state index contributed by atoms with van der Waals surface area (Å²) < 4.78 is 2.29. The number of hydrogen-bond acceptors (Lipinski definition) is 2. The second kappa shape index (κ2) is 9.56. The van der Waals surface area contributed by atoms with Gasteiger partial charge in [-0.25, -0.2) is 4.98 Å². The van der Waals surface area contributed by atoms with Gasteiger partial charge in [-0.1, -0.05) is 43.7 Å². The van der Waals surface area contributed by atoms with Crippen molar-refractivity contribution in [2.45, 2.75) is 64.3 Å². The number of aromatic nitrogens is 2. The summed E-state index contributed by atoms with van der Waals surface area (Å²) in [5.74, 6) is 1.85. The Kier molecular flexibility index (Phi) is 6.87. The van der Waals surface area contributed by atoms with Crippen molar-refractivity contribution in [3.63, 3.8) is 0 Å². The molecule has 0 spiro atoms. The first-order valence-corrected chi connectivity index (χ1v) is 10.1. The molecular formula is C22H31N3O. The van der Waals surface area contributed by atoms with E-state index in [1.807, 2.05) is 12.3 Å². The average Bonchev–Trinajstić information content (AvgIpc) is 3.16. The van der Waals surface area contributed by atoms with Crippen molar-refractivity contribution in [1.82, 2.24) is 14.5 Å². The van der Waals surface area contributed by atoms with E-state index < -0.39 is 0 Å². The highest BCUT2D eigenvalue weighted by Crippen LogP contribution is 2.26. The molecule has 1 aliphatic heterocycles. The minimum absolute atomic E-state index is 0.303. The summed E-state index contributed by atoms with van der Waals surface area (Å²) in [6.45, 7) is 4.98. The molecule has 0 radical (unpaired) electrons. The largest absolute Gasteiger partial charge is 0.342 e. The van der Waals surface area contributed by atoms with Gasteiger partial charge in [0.15, 0.2) is 0 Å². The Labute approximate surface area is 157 Å². The molecule has 0 N–H and O–H groups in total. The molecule has 140 valence electrons. The van der Waals surface area contributed by atoms with Crippen molar-refractivity contribution in [3.8, 4) is 0 Å². The van der Waals surface area contributed by atoms with Crippen LogP contribution < -0.4 is 0 Å². The summed E-state index contributed by atoms with van der Waals surface area (Å²) in [5, 5.41) is 0. The Morgan fingerprint density at radius 1 is 1.23 bits per heavy atom. The monoisotopic (exact) mass is 353 g/mol. The molecule has 0 bridgehead atoms. The maximum Gasteiger partial charge on any atom is 0.222 e. The summed E-state index contributed by atoms with van der Waals surface area (Å²) in [6, 6.07) is 10.4. The fraction of sp³-hybridized carbons (Fsp3) is 0.545. The number of unbranched alkanes of at least 4 members (excludes halogenated alkanes) is 1. The molecule has 2 heterocycles. The number of nitrogens with zero attached hydrogens (tertiary/aromatic N) is 3. The molecule has 1 aromatic carbocycles. The SMILES string of the molecule is CCCCn1ccnc1[C@@H]1CCCN(C(=O)CCCc2ccccc2)C1. The molecule has 1 aliphatic rings. The smallest absolute Gasteiger partial charge is 0.222 e. The number of likely N-dealkylation sites (tertiary alicyclic amines) is 1. The third-order valence-corrected chi connectivity index (χ3v) is 5.34. The summed E-state index contributed by atoms with van der Waals surface area (Å²) in [4.78, 5) is 19.3. The van der Waals surface area contributed by atoms with Crippen molar-refractivity contribution in [2.75, 3.05) is 13.1 Å². The van der Waals surface area contributed by atoms with E-state index in [-0.39, 0.29) is 0 Å². The summed E-state index contributed by atoms with van der Waals surface area (Å²) >= 11 is 0. The Morgan fingerprint density at radius 2 is 2.08 bits per heavy atom. The van der Waals surface area contributed by atoms with Crippen molar-refractivity contribution >= 4 is 5.91 Å². The number of aryl methyl sites for hydroxylation is 2. The lowest BCUT2D eigenvalue weighted by Gasteiger charge is -2.33. The molecule has 4 nitrogen and oxygen atoms in total. The minimum Gasteiger partial charge on any atom is -0.342 e.